The highest BCUT2D eigenvalue weighted by Gasteiger charge is 2.14. The normalized spacial score (nSPS) is 10.7. The summed E-state index contributed by atoms with van der Waals surface area (Å²) in [4.78, 5) is 27.9. The van der Waals surface area contributed by atoms with E-state index in [1.807, 2.05) is 6.07 Å². The molecule has 9 heteroatoms. The van der Waals surface area contributed by atoms with Gasteiger partial charge in [-0.2, -0.15) is 5.26 Å². The largest absolute Gasteiger partial charge is 0.349 e. The number of nitrogens with one attached hydrogen (secondary N) is 1. The molecule has 148 valence electrons. The molecule has 3 rings (SSSR count). The summed E-state index contributed by atoms with van der Waals surface area (Å²) in [5.74, 6) is -2.00. The molecule has 0 atom stereocenters. The first-order valence-corrected chi connectivity index (χ1v) is 9.76. The second-order valence-electron chi connectivity index (χ2n) is 6.22. The lowest BCUT2D eigenvalue weighted by Gasteiger charge is -2.05. The van der Waals surface area contributed by atoms with Gasteiger partial charge in [0.2, 0.25) is 5.91 Å². The molecule has 0 radical (unpaired) electrons. The summed E-state index contributed by atoms with van der Waals surface area (Å²) in [6.45, 7) is -0.132. The van der Waals surface area contributed by atoms with Crippen LogP contribution in [0, 0.1) is 23.0 Å². The minimum atomic E-state index is -0.706. The lowest BCUT2D eigenvalue weighted by atomic mass is 10.1. The van der Waals surface area contributed by atoms with Gasteiger partial charge in [0.25, 0.3) is 0 Å². The number of fused-ring (bicyclic) bond motifs is 1. The van der Waals surface area contributed by atoms with Gasteiger partial charge in [0, 0.05) is 24.5 Å². The number of Topliss-reactive ketones (excluding diaryl/α,β-unsaturated/α-hetero) is 1. The van der Waals surface area contributed by atoms with Crippen molar-refractivity contribution in [1.82, 2.24) is 10.3 Å². The van der Waals surface area contributed by atoms with Gasteiger partial charge in [-0.25, -0.2) is 13.8 Å². The molecule has 0 aliphatic rings. The number of carbonyl (C=O) groups is 2. The number of nitriles is 1. The van der Waals surface area contributed by atoms with Gasteiger partial charge in [-0.15, -0.1) is 11.3 Å². The van der Waals surface area contributed by atoms with Crippen LogP contribution in [0.2, 0.25) is 5.02 Å². The zero-order valence-corrected chi connectivity index (χ0v) is 16.5. The molecule has 5 nitrogen and oxygen atoms in total. The topological polar surface area (TPSA) is 82.9 Å². The maximum Gasteiger partial charge on any atom is 0.227 e. The molecule has 29 heavy (non-hydrogen) atoms. The predicted octanol–water partition coefficient (Wildman–Crippen LogP) is 4.43. The van der Waals surface area contributed by atoms with Gasteiger partial charge >= 0.3 is 0 Å². The third kappa shape index (κ3) is 5.34. The summed E-state index contributed by atoms with van der Waals surface area (Å²) in [5, 5.41) is 11.8. The fourth-order valence-corrected chi connectivity index (χ4v) is 3.94. The van der Waals surface area contributed by atoms with Crippen molar-refractivity contribution in [3.63, 3.8) is 0 Å². The van der Waals surface area contributed by atoms with Gasteiger partial charge in [-0.05, 0) is 29.8 Å². The molecule has 1 aromatic heterocycles. The Morgan fingerprint density at radius 3 is 2.59 bits per heavy atom. The van der Waals surface area contributed by atoms with Crippen LogP contribution in [0.1, 0.15) is 17.8 Å². The van der Waals surface area contributed by atoms with Crippen molar-refractivity contribution >= 4 is 44.8 Å². The number of ketones is 1. The van der Waals surface area contributed by atoms with Crippen LogP contribution in [0.3, 0.4) is 0 Å². The first-order chi connectivity index (χ1) is 13.9. The fourth-order valence-electron chi connectivity index (χ4n) is 2.68. The molecular weight excluding hydrogens is 420 g/mol. The van der Waals surface area contributed by atoms with Crippen LogP contribution in [0.5, 0.6) is 0 Å². The van der Waals surface area contributed by atoms with Gasteiger partial charge in [-0.1, -0.05) is 11.6 Å². The van der Waals surface area contributed by atoms with E-state index in [2.05, 4.69) is 10.3 Å². The Bertz CT molecular complexity index is 1120. The second-order valence-corrected chi connectivity index (χ2v) is 7.74. The van der Waals surface area contributed by atoms with Crippen molar-refractivity contribution in [2.45, 2.75) is 19.3 Å². The Kier molecular flexibility index (Phi) is 6.52. The van der Waals surface area contributed by atoms with Crippen LogP contribution in [0.25, 0.3) is 21.3 Å². The molecule has 0 spiro atoms. The van der Waals surface area contributed by atoms with E-state index < -0.39 is 11.6 Å². The lowest BCUT2D eigenvalue weighted by molar-refractivity contribution is -0.124. The second kappa shape index (κ2) is 9.07. The molecule has 0 unspecified atom stereocenters. The average Bonchev–Trinajstić information content (AvgIpc) is 3.04. The van der Waals surface area contributed by atoms with Crippen molar-refractivity contribution in [2.75, 3.05) is 6.54 Å². The molecule has 2 aromatic carbocycles. The monoisotopic (exact) mass is 433 g/mol. The summed E-state index contributed by atoms with van der Waals surface area (Å²) >= 11 is 7.52. The number of rotatable bonds is 7. The lowest BCUT2D eigenvalue weighted by Crippen LogP contribution is -2.30. The minimum absolute atomic E-state index is 0.0214. The molecule has 0 bridgehead atoms. The van der Waals surface area contributed by atoms with Crippen molar-refractivity contribution in [3.05, 3.63) is 52.0 Å². The van der Waals surface area contributed by atoms with Crippen LogP contribution in [0.4, 0.5) is 8.78 Å². The smallest absolute Gasteiger partial charge is 0.227 e. The maximum atomic E-state index is 13.5. The van der Waals surface area contributed by atoms with Crippen LogP contribution in [-0.2, 0) is 16.0 Å². The Morgan fingerprint density at radius 1 is 1.17 bits per heavy atom. The highest BCUT2D eigenvalue weighted by atomic mass is 35.5. The molecule has 0 aliphatic carbocycles. The van der Waals surface area contributed by atoms with E-state index >= 15 is 0 Å². The summed E-state index contributed by atoms with van der Waals surface area (Å²) < 4.78 is 27.8. The Balaban J connectivity index is 1.76. The fraction of sp³-hybridized carbons (Fsp3) is 0.200. The maximum absolute atomic E-state index is 13.5. The average molecular weight is 434 g/mol. The Labute approximate surface area is 173 Å². The van der Waals surface area contributed by atoms with Crippen LogP contribution >= 0.6 is 22.9 Å². The number of hydrogen-bond donors (Lipinski definition) is 1. The van der Waals surface area contributed by atoms with Gasteiger partial charge in [0.05, 0.1) is 34.3 Å². The standard InChI is InChI=1S/C20H14ClF2N3O2S/c21-16-8-17-18(7-15(16)11-4-12(22)6-13(23)5-11)29-20(26-17)9-19(28)25-10-14(27)2-1-3-24/h4-8H,1-2,9-10H2,(H,25,28). The Morgan fingerprint density at radius 2 is 1.90 bits per heavy atom. The number of nitrogens with zero attached hydrogens (tertiary/aromatic N) is 2. The number of aromatic nitrogens is 1. The van der Waals surface area contributed by atoms with Crippen molar-refractivity contribution in [2.24, 2.45) is 0 Å². The third-order valence-electron chi connectivity index (χ3n) is 4.01. The highest BCUT2D eigenvalue weighted by Crippen LogP contribution is 2.35. The number of thiazole rings is 1. The van der Waals surface area contributed by atoms with E-state index in [4.69, 9.17) is 16.9 Å². The van der Waals surface area contributed by atoms with Crippen LogP contribution in [-0.4, -0.2) is 23.2 Å². The van der Waals surface area contributed by atoms with Crippen LogP contribution in [0.15, 0.2) is 30.3 Å². The number of halogens is 3. The summed E-state index contributed by atoms with van der Waals surface area (Å²) in [6, 6.07) is 8.29. The summed E-state index contributed by atoms with van der Waals surface area (Å²) in [5.41, 5.74) is 1.33. The van der Waals surface area contributed by atoms with Gasteiger partial charge in [-0.3, -0.25) is 9.59 Å². The predicted molar refractivity (Wildman–Crippen MR) is 107 cm³/mol. The van der Waals surface area contributed by atoms with Gasteiger partial charge in [0.1, 0.15) is 16.6 Å². The number of benzene rings is 2. The number of carbonyl (C=O) groups excluding carboxylic acids is 2. The molecule has 3 aromatic rings. The molecule has 0 saturated carbocycles. The van der Waals surface area contributed by atoms with E-state index in [0.29, 0.717) is 26.4 Å². The molecule has 0 aliphatic heterocycles. The van der Waals surface area contributed by atoms with E-state index in [9.17, 15) is 18.4 Å². The molecule has 1 N–H and O–H groups in total. The molecule has 0 fully saturated rings. The first-order valence-electron chi connectivity index (χ1n) is 8.56. The summed E-state index contributed by atoms with van der Waals surface area (Å²) in [7, 11) is 0. The summed E-state index contributed by atoms with van der Waals surface area (Å²) in [6.07, 6.45) is 0.192. The molecule has 1 heterocycles. The minimum Gasteiger partial charge on any atom is -0.349 e. The SMILES string of the molecule is N#CCCC(=O)CNC(=O)Cc1nc2cc(Cl)c(-c3cc(F)cc(F)c3)cc2s1. The first kappa shape index (κ1) is 20.8. The highest BCUT2D eigenvalue weighted by molar-refractivity contribution is 7.18. The van der Waals surface area contributed by atoms with E-state index in [1.165, 1.54) is 23.5 Å². The van der Waals surface area contributed by atoms with Gasteiger partial charge < -0.3 is 5.32 Å². The van der Waals surface area contributed by atoms with Gasteiger partial charge in [0.15, 0.2) is 5.78 Å². The Hall–Kier alpha value is -2.89. The zero-order valence-electron chi connectivity index (χ0n) is 15.0. The molecule has 0 saturated heterocycles. The van der Waals surface area contributed by atoms with Crippen molar-refractivity contribution in [1.29, 1.82) is 5.26 Å². The van der Waals surface area contributed by atoms with Crippen molar-refractivity contribution < 1.29 is 18.4 Å². The molecule has 1 amide bonds. The number of hydrogen-bond acceptors (Lipinski definition) is 5. The number of amides is 1. The molecular formula is C20H14ClF2N3O2S. The van der Waals surface area contributed by atoms with Crippen LogP contribution < -0.4 is 5.32 Å². The van der Waals surface area contributed by atoms with E-state index in [-0.39, 0.29) is 42.5 Å². The third-order valence-corrected chi connectivity index (χ3v) is 5.34. The van der Waals surface area contributed by atoms with Crippen molar-refractivity contribution in [3.8, 4) is 17.2 Å². The van der Waals surface area contributed by atoms with E-state index in [0.717, 1.165) is 6.07 Å². The quantitative estimate of drug-likeness (QED) is 0.597. The zero-order chi connectivity index (χ0) is 21.0. The van der Waals surface area contributed by atoms with E-state index in [1.54, 1.807) is 12.1 Å².